The average Bonchev–Trinajstić information content (AvgIpc) is 2.75. The molecule has 2 unspecified atom stereocenters. The summed E-state index contributed by atoms with van der Waals surface area (Å²) >= 11 is 0. The average molecular weight is 256 g/mol. The van der Waals surface area contributed by atoms with E-state index in [0.29, 0.717) is 19.8 Å². The molecule has 1 fully saturated rings. The highest BCUT2D eigenvalue weighted by molar-refractivity contribution is 6.04. The minimum absolute atomic E-state index is 0.0172. The molecule has 6 heteroatoms. The van der Waals surface area contributed by atoms with Crippen LogP contribution in [0.1, 0.15) is 20.8 Å². The lowest BCUT2D eigenvalue weighted by atomic mass is 10.3. The van der Waals surface area contributed by atoms with Crippen LogP contribution >= 0.6 is 0 Å². The number of rotatable bonds is 4. The third-order valence-corrected chi connectivity index (χ3v) is 3.09. The summed E-state index contributed by atoms with van der Waals surface area (Å²) in [6.07, 6.45) is -0.0701. The van der Waals surface area contributed by atoms with Crippen molar-refractivity contribution in [2.24, 2.45) is 4.99 Å². The Bertz CT molecular complexity index is 367. The van der Waals surface area contributed by atoms with Gasteiger partial charge in [-0.1, -0.05) is 0 Å². The number of nitrogens with zero attached hydrogens (tertiary/aromatic N) is 2. The van der Waals surface area contributed by atoms with E-state index in [4.69, 9.17) is 14.2 Å². The summed E-state index contributed by atoms with van der Waals surface area (Å²) in [6.45, 7) is 6.79. The summed E-state index contributed by atoms with van der Waals surface area (Å²) < 4.78 is 16.5. The number of aliphatic imine (C=N–C) groups is 1. The number of hydrogen-bond acceptors (Lipinski definition) is 5. The molecule has 0 aromatic carbocycles. The molecule has 0 radical (unpaired) electrons. The Hall–Kier alpha value is -0.980. The zero-order valence-electron chi connectivity index (χ0n) is 11.3. The van der Waals surface area contributed by atoms with Crippen LogP contribution in [0.2, 0.25) is 0 Å². The lowest BCUT2D eigenvalue weighted by molar-refractivity contribution is -0.146. The van der Waals surface area contributed by atoms with Gasteiger partial charge in [-0.2, -0.15) is 0 Å². The van der Waals surface area contributed by atoms with Crippen molar-refractivity contribution in [1.82, 2.24) is 4.90 Å². The Morgan fingerprint density at radius 2 is 2.22 bits per heavy atom. The molecule has 6 nitrogen and oxygen atoms in total. The van der Waals surface area contributed by atoms with Crippen LogP contribution in [0.25, 0.3) is 0 Å². The fourth-order valence-corrected chi connectivity index (χ4v) is 2.02. The highest BCUT2D eigenvalue weighted by Gasteiger charge is 2.34. The fraction of sp³-hybridized carbons (Fsp3) is 0.833. The smallest absolute Gasteiger partial charge is 0.254 e. The SMILES string of the molecule is CC1=NC(COCC2COC(C)(C)O2)C(=O)N1C. The van der Waals surface area contributed by atoms with E-state index in [1.54, 1.807) is 11.9 Å². The van der Waals surface area contributed by atoms with Gasteiger partial charge < -0.3 is 19.1 Å². The van der Waals surface area contributed by atoms with Gasteiger partial charge in [0.2, 0.25) is 0 Å². The second kappa shape index (κ2) is 4.95. The monoisotopic (exact) mass is 256 g/mol. The lowest BCUT2D eigenvalue weighted by Crippen LogP contribution is -2.33. The quantitative estimate of drug-likeness (QED) is 0.731. The molecule has 2 aliphatic heterocycles. The molecule has 0 saturated carbocycles. The fourth-order valence-electron chi connectivity index (χ4n) is 2.02. The molecular formula is C12H20N2O4. The van der Waals surface area contributed by atoms with E-state index in [0.717, 1.165) is 5.84 Å². The summed E-state index contributed by atoms with van der Waals surface area (Å²) in [7, 11) is 1.72. The summed E-state index contributed by atoms with van der Waals surface area (Å²) in [5.41, 5.74) is 0. The molecule has 2 atom stereocenters. The maximum Gasteiger partial charge on any atom is 0.254 e. The number of amides is 1. The van der Waals surface area contributed by atoms with Crippen LogP contribution in [-0.4, -0.2) is 61.4 Å². The number of likely N-dealkylation sites (N-methyl/N-ethyl adjacent to an activating group) is 1. The van der Waals surface area contributed by atoms with E-state index in [1.165, 1.54) is 0 Å². The van der Waals surface area contributed by atoms with Crippen molar-refractivity contribution < 1.29 is 19.0 Å². The third kappa shape index (κ3) is 2.88. The summed E-state index contributed by atoms with van der Waals surface area (Å²) in [4.78, 5) is 17.5. The molecule has 2 rings (SSSR count). The first kappa shape index (κ1) is 13.5. The van der Waals surface area contributed by atoms with E-state index in [9.17, 15) is 4.79 Å². The van der Waals surface area contributed by atoms with Crippen LogP contribution in [0.5, 0.6) is 0 Å². The Kier molecular flexibility index (Phi) is 3.70. The van der Waals surface area contributed by atoms with Crippen molar-refractivity contribution in [3.63, 3.8) is 0 Å². The van der Waals surface area contributed by atoms with Gasteiger partial charge >= 0.3 is 0 Å². The minimum Gasteiger partial charge on any atom is -0.376 e. The largest absolute Gasteiger partial charge is 0.376 e. The zero-order valence-corrected chi connectivity index (χ0v) is 11.3. The molecule has 0 aromatic rings. The van der Waals surface area contributed by atoms with Crippen molar-refractivity contribution in [2.45, 2.75) is 38.7 Å². The maximum absolute atomic E-state index is 11.7. The molecule has 2 aliphatic rings. The number of amidine groups is 1. The number of hydrogen-bond donors (Lipinski definition) is 0. The van der Waals surface area contributed by atoms with E-state index in [1.807, 2.05) is 20.8 Å². The van der Waals surface area contributed by atoms with E-state index in [-0.39, 0.29) is 12.0 Å². The molecule has 0 aliphatic carbocycles. The van der Waals surface area contributed by atoms with Gasteiger partial charge in [0, 0.05) is 7.05 Å². The second-order valence-electron chi connectivity index (χ2n) is 5.08. The Morgan fingerprint density at radius 3 is 2.72 bits per heavy atom. The van der Waals surface area contributed by atoms with Gasteiger partial charge in [0.05, 0.1) is 19.8 Å². The van der Waals surface area contributed by atoms with Crippen molar-refractivity contribution in [1.29, 1.82) is 0 Å². The topological polar surface area (TPSA) is 60.4 Å². The molecule has 1 saturated heterocycles. The van der Waals surface area contributed by atoms with E-state index >= 15 is 0 Å². The van der Waals surface area contributed by atoms with Crippen molar-refractivity contribution in [3.8, 4) is 0 Å². The van der Waals surface area contributed by atoms with Gasteiger partial charge in [-0.25, -0.2) is 0 Å². The second-order valence-corrected chi connectivity index (χ2v) is 5.08. The summed E-state index contributed by atoms with van der Waals surface area (Å²) in [5.74, 6) is 0.179. The first-order valence-electron chi connectivity index (χ1n) is 6.10. The Morgan fingerprint density at radius 1 is 1.50 bits per heavy atom. The molecule has 1 amide bonds. The molecule has 0 bridgehead atoms. The lowest BCUT2D eigenvalue weighted by Gasteiger charge is -2.17. The first-order valence-corrected chi connectivity index (χ1v) is 6.10. The van der Waals surface area contributed by atoms with Gasteiger partial charge in [0.25, 0.3) is 5.91 Å². The van der Waals surface area contributed by atoms with Crippen molar-refractivity contribution in [3.05, 3.63) is 0 Å². The Labute approximate surface area is 107 Å². The predicted molar refractivity (Wildman–Crippen MR) is 65.4 cm³/mol. The summed E-state index contributed by atoms with van der Waals surface area (Å²) in [5, 5.41) is 0. The van der Waals surface area contributed by atoms with Crippen molar-refractivity contribution >= 4 is 11.7 Å². The van der Waals surface area contributed by atoms with Crippen LogP contribution < -0.4 is 0 Å². The molecule has 2 heterocycles. The van der Waals surface area contributed by atoms with E-state index < -0.39 is 11.8 Å². The highest BCUT2D eigenvalue weighted by atomic mass is 16.7. The highest BCUT2D eigenvalue weighted by Crippen LogP contribution is 2.22. The molecule has 0 aromatic heterocycles. The Balaban J connectivity index is 1.72. The summed E-state index contributed by atoms with van der Waals surface area (Å²) in [6, 6.07) is -0.412. The predicted octanol–water partition coefficient (Wildman–Crippen LogP) is 0.413. The van der Waals surface area contributed by atoms with Crippen LogP contribution in [0.15, 0.2) is 4.99 Å². The maximum atomic E-state index is 11.7. The van der Waals surface area contributed by atoms with Crippen molar-refractivity contribution in [2.75, 3.05) is 26.9 Å². The number of carbonyl (C=O) groups is 1. The standard InChI is InChI=1S/C12H20N2O4/c1-8-13-10(11(15)14(8)4)7-16-5-9-6-17-12(2,3)18-9/h9-10H,5-7H2,1-4H3. The van der Waals surface area contributed by atoms with Crippen LogP contribution in [0.4, 0.5) is 0 Å². The van der Waals surface area contributed by atoms with Gasteiger partial charge in [0.15, 0.2) is 11.8 Å². The molecule has 102 valence electrons. The normalized spacial score (nSPS) is 31.0. The van der Waals surface area contributed by atoms with Gasteiger partial charge in [-0.3, -0.25) is 9.79 Å². The zero-order chi connectivity index (χ0) is 13.3. The number of carbonyl (C=O) groups excluding carboxylic acids is 1. The first-order chi connectivity index (χ1) is 8.39. The molecule has 18 heavy (non-hydrogen) atoms. The van der Waals surface area contributed by atoms with Gasteiger partial charge in [-0.05, 0) is 20.8 Å². The molecule has 0 spiro atoms. The third-order valence-electron chi connectivity index (χ3n) is 3.09. The molecule has 0 N–H and O–H groups in total. The number of ether oxygens (including phenoxy) is 3. The minimum atomic E-state index is -0.536. The van der Waals surface area contributed by atoms with E-state index in [2.05, 4.69) is 4.99 Å². The van der Waals surface area contributed by atoms with Crippen LogP contribution in [0.3, 0.4) is 0 Å². The molecular weight excluding hydrogens is 236 g/mol. The van der Waals surface area contributed by atoms with Crippen LogP contribution in [0, 0.1) is 0 Å². The van der Waals surface area contributed by atoms with Gasteiger partial charge in [0.1, 0.15) is 11.9 Å². The van der Waals surface area contributed by atoms with Crippen LogP contribution in [-0.2, 0) is 19.0 Å². The van der Waals surface area contributed by atoms with Gasteiger partial charge in [-0.15, -0.1) is 0 Å².